The Morgan fingerprint density at radius 3 is 2.72 bits per heavy atom. The van der Waals surface area contributed by atoms with E-state index < -0.39 is 0 Å². The molecule has 4 nitrogen and oxygen atoms in total. The number of amides is 1. The van der Waals surface area contributed by atoms with E-state index in [9.17, 15) is 9.59 Å². The summed E-state index contributed by atoms with van der Waals surface area (Å²) in [6.45, 7) is 0.541. The topological polar surface area (TPSA) is 49.4 Å². The molecule has 0 unspecified atom stereocenters. The summed E-state index contributed by atoms with van der Waals surface area (Å²) >= 11 is 4.75. The standard InChI is InChI=1S/C12H15BrN2O2S/c1-15(7-12(17)14-8-2-3-8)6-9(16)10-4-5-11(13)18-10/h4-5,8H,2-3,6-7H2,1H3,(H,14,17). The van der Waals surface area contributed by atoms with E-state index in [2.05, 4.69) is 21.2 Å². The molecule has 0 aliphatic heterocycles. The van der Waals surface area contributed by atoms with Gasteiger partial charge in [0.25, 0.3) is 0 Å². The molecule has 0 atom stereocenters. The van der Waals surface area contributed by atoms with Crippen LogP contribution < -0.4 is 5.32 Å². The molecule has 0 aromatic carbocycles. The van der Waals surface area contributed by atoms with Gasteiger partial charge in [-0.1, -0.05) is 0 Å². The second-order valence-electron chi connectivity index (χ2n) is 4.54. The van der Waals surface area contributed by atoms with Gasteiger partial charge in [-0.05, 0) is 48.0 Å². The van der Waals surface area contributed by atoms with Crippen molar-refractivity contribution in [1.82, 2.24) is 10.2 Å². The Morgan fingerprint density at radius 1 is 1.44 bits per heavy atom. The monoisotopic (exact) mass is 330 g/mol. The predicted octanol–water partition coefficient (Wildman–Crippen LogP) is 1.90. The number of nitrogens with zero attached hydrogens (tertiary/aromatic N) is 1. The van der Waals surface area contributed by atoms with Crippen molar-refractivity contribution in [3.05, 3.63) is 20.8 Å². The molecule has 1 aliphatic carbocycles. The molecule has 6 heteroatoms. The first kappa shape index (κ1) is 13.7. The van der Waals surface area contributed by atoms with Gasteiger partial charge in [-0.15, -0.1) is 11.3 Å². The third-order valence-electron chi connectivity index (χ3n) is 2.62. The van der Waals surface area contributed by atoms with Crippen molar-refractivity contribution in [1.29, 1.82) is 0 Å². The third kappa shape index (κ3) is 4.19. The van der Waals surface area contributed by atoms with Crippen molar-refractivity contribution in [2.24, 2.45) is 0 Å². The van der Waals surface area contributed by atoms with Gasteiger partial charge in [0, 0.05) is 6.04 Å². The molecule has 0 bridgehead atoms. The van der Waals surface area contributed by atoms with Gasteiger partial charge in [0.05, 0.1) is 21.8 Å². The van der Waals surface area contributed by atoms with Crippen LogP contribution in [0.1, 0.15) is 22.5 Å². The van der Waals surface area contributed by atoms with Crippen molar-refractivity contribution < 1.29 is 9.59 Å². The molecule has 1 N–H and O–H groups in total. The molecule has 1 amide bonds. The zero-order valence-electron chi connectivity index (χ0n) is 10.1. The zero-order chi connectivity index (χ0) is 13.1. The summed E-state index contributed by atoms with van der Waals surface area (Å²) in [4.78, 5) is 25.9. The number of hydrogen-bond acceptors (Lipinski definition) is 4. The number of carbonyl (C=O) groups is 2. The summed E-state index contributed by atoms with van der Waals surface area (Å²) in [5.74, 6) is 0.0487. The Hall–Kier alpha value is -0.720. The second-order valence-corrected chi connectivity index (χ2v) is 7.00. The molecule has 98 valence electrons. The lowest BCUT2D eigenvalue weighted by Gasteiger charge is -2.14. The highest BCUT2D eigenvalue weighted by molar-refractivity contribution is 9.11. The van der Waals surface area contributed by atoms with Gasteiger partial charge in [0.2, 0.25) is 5.91 Å². The largest absolute Gasteiger partial charge is 0.352 e. The summed E-state index contributed by atoms with van der Waals surface area (Å²) in [5, 5.41) is 2.91. The fourth-order valence-electron chi connectivity index (χ4n) is 1.59. The molecule has 0 spiro atoms. The third-order valence-corrected chi connectivity index (χ3v) is 4.28. The lowest BCUT2D eigenvalue weighted by atomic mass is 10.3. The molecule has 18 heavy (non-hydrogen) atoms. The van der Waals surface area contributed by atoms with Crippen molar-refractivity contribution in [2.45, 2.75) is 18.9 Å². The van der Waals surface area contributed by atoms with Gasteiger partial charge < -0.3 is 5.32 Å². The second kappa shape index (κ2) is 5.95. The molecule has 1 heterocycles. The predicted molar refractivity (Wildman–Crippen MR) is 75.0 cm³/mol. The molecule has 1 aliphatic rings. The molecule has 0 radical (unpaired) electrons. The summed E-state index contributed by atoms with van der Waals surface area (Å²) in [6, 6.07) is 4.03. The first-order valence-electron chi connectivity index (χ1n) is 5.81. The van der Waals surface area contributed by atoms with E-state index in [4.69, 9.17) is 0 Å². The number of carbonyl (C=O) groups excluding carboxylic acids is 2. The first-order chi connectivity index (χ1) is 8.54. The van der Waals surface area contributed by atoms with Gasteiger partial charge in [-0.25, -0.2) is 0 Å². The molecular weight excluding hydrogens is 316 g/mol. The van der Waals surface area contributed by atoms with Crippen molar-refractivity contribution >= 4 is 39.0 Å². The summed E-state index contributed by atoms with van der Waals surface area (Å²) in [6.07, 6.45) is 2.16. The van der Waals surface area contributed by atoms with Gasteiger partial charge in [0.1, 0.15) is 0 Å². The number of halogens is 1. The molecule has 2 rings (SSSR count). The van der Waals surface area contributed by atoms with Crippen LogP contribution in [0.5, 0.6) is 0 Å². The van der Waals surface area contributed by atoms with E-state index in [1.54, 1.807) is 18.0 Å². The Bertz CT molecular complexity index is 457. The molecule has 1 saturated carbocycles. The van der Waals surface area contributed by atoms with E-state index in [0.717, 1.165) is 21.5 Å². The van der Waals surface area contributed by atoms with Crippen LogP contribution in [-0.2, 0) is 4.79 Å². The average molecular weight is 331 g/mol. The maximum Gasteiger partial charge on any atom is 0.234 e. The van der Waals surface area contributed by atoms with Gasteiger partial charge in [0.15, 0.2) is 5.78 Å². The van der Waals surface area contributed by atoms with Gasteiger partial charge in [-0.3, -0.25) is 14.5 Å². The van der Waals surface area contributed by atoms with Crippen LogP contribution in [0.15, 0.2) is 15.9 Å². The van der Waals surface area contributed by atoms with Crippen LogP contribution in [0.3, 0.4) is 0 Å². The average Bonchev–Trinajstić information content (AvgIpc) is 2.96. The fraction of sp³-hybridized carbons (Fsp3) is 0.500. The Kier molecular flexibility index (Phi) is 4.53. The molecule has 1 aromatic rings. The number of likely N-dealkylation sites (N-methyl/N-ethyl adjacent to an activating group) is 1. The summed E-state index contributed by atoms with van der Waals surface area (Å²) in [7, 11) is 1.78. The molecule has 1 fully saturated rings. The van der Waals surface area contributed by atoms with Crippen LogP contribution in [0.2, 0.25) is 0 Å². The first-order valence-corrected chi connectivity index (χ1v) is 7.42. The van der Waals surface area contributed by atoms with Crippen molar-refractivity contribution in [2.75, 3.05) is 20.1 Å². The molecule has 1 aromatic heterocycles. The van der Waals surface area contributed by atoms with E-state index in [-0.39, 0.29) is 24.8 Å². The van der Waals surface area contributed by atoms with E-state index >= 15 is 0 Å². The highest BCUT2D eigenvalue weighted by Crippen LogP contribution is 2.22. The van der Waals surface area contributed by atoms with Gasteiger partial charge in [-0.2, -0.15) is 0 Å². The summed E-state index contributed by atoms with van der Waals surface area (Å²) < 4.78 is 0.944. The summed E-state index contributed by atoms with van der Waals surface area (Å²) in [5.41, 5.74) is 0. The van der Waals surface area contributed by atoms with Crippen LogP contribution in [0.25, 0.3) is 0 Å². The quantitative estimate of drug-likeness (QED) is 0.810. The lowest BCUT2D eigenvalue weighted by Crippen LogP contribution is -2.38. The minimum Gasteiger partial charge on any atom is -0.352 e. The van der Waals surface area contributed by atoms with Crippen LogP contribution in [-0.4, -0.2) is 42.8 Å². The molecular formula is C12H15BrN2O2S. The maximum atomic E-state index is 11.9. The maximum absolute atomic E-state index is 11.9. The number of Topliss-reactive ketones (excluding diaryl/α,β-unsaturated/α-hetero) is 1. The van der Waals surface area contributed by atoms with E-state index in [1.165, 1.54) is 11.3 Å². The Morgan fingerprint density at radius 2 is 2.17 bits per heavy atom. The number of rotatable bonds is 6. The van der Waals surface area contributed by atoms with Gasteiger partial charge >= 0.3 is 0 Å². The van der Waals surface area contributed by atoms with Crippen molar-refractivity contribution in [3.63, 3.8) is 0 Å². The minimum absolute atomic E-state index is 0.000148. The van der Waals surface area contributed by atoms with E-state index in [1.807, 2.05) is 6.07 Å². The number of ketones is 1. The number of nitrogens with one attached hydrogen (secondary N) is 1. The molecule has 0 saturated heterocycles. The van der Waals surface area contributed by atoms with E-state index in [0.29, 0.717) is 6.04 Å². The fourth-order valence-corrected chi connectivity index (χ4v) is 2.91. The minimum atomic E-state index is 0.000148. The smallest absolute Gasteiger partial charge is 0.234 e. The Balaban J connectivity index is 1.77. The Labute approximate surface area is 118 Å². The highest BCUT2D eigenvalue weighted by Gasteiger charge is 2.23. The highest BCUT2D eigenvalue weighted by atomic mass is 79.9. The SMILES string of the molecule is CN(CC(=O)NC1CC1)CC(=O)c1ccc(Br)s1. The number of hydrogen-bond donors (Lipinski definition) is 1. The zero-order valence-corrected chi connectivity index (χ0v) is 12.5. The lowest BCUT2D eigenvalue weighted by molar-refractivity contribution is -0.121. The van der Waals surface area contributed by atoms with Crippen LogP contribution in [0.4, 0.5) is 0 Å². The van der Waals surface area contributed by atoms with Crippen LogP contribution >= 0.6 is 27.3 Å². The van der Waals surface area contributed by atoms with Crippen LogP contribution in [0, 0.1) is 0 Å². The van der Waals surface area contributed by atoms with Crippen molar-refractivity contribution in [3.8, 4) is 0 Å². The number of thiophene rings is 1. The normalized spacial score (nSPS) is 14.8.